The summed E-state index contributed by atoms with van der Waals surface area (Å²) >= 11 is 0. The molecule has 1 aliphatic carbocycles. The summed E-state index contributed by atoms with van der Waals surface area (Å²) in [5.74, 6) is -0.0869. The minimum absolute atomic E-state index is 0.0869. The fourth-order valence-corrected chi connectivity index (χ4v) is 5.32. The Balaban J connectivity index is 2.12. The summed E-state index contributed by atoms with van der Waals surface area (Å²) in [6.07, 6.45) is -0.957. The fraction of sp³-hybridized carbons (Fsp3) is 0.400. The number of aromatic nitrogens is 2. The molecule has 1 aromatic rings. The highest BCUT2D eigenvalue weighted by atomic mass is 31.3. The molecule has 0 aromatic carbocycles. The van der Waals surface area contributed by atoms with E-state index in [1.807, 2.05) is 0 Å². The molecule has 164 valence electrons. The molecule has 0 aliphatic heterocycles. The smallest absolute Gasteiger partial charge is 0.388 e. The van der Waals surface area contributed by atoms with Crippen molar-refractivity contribution in [3.8, 4) is 0 Å². The van der Waals surface area contributed by atoms with Crippen molar-refractivity contribution in [1.82, 2.24) is 9.55 Å². The van der Waals surface area contributed by atoms with Gasteiger partial charge in [0.1, 0.15) is 18.0 Å². The first-order chi connectivity index (χ1) is 13.1. The second-order valence-corrected chi connectivity index (χ2v) is 9.99. The number of nitrogens with zero attached hydrogens (tertiary/aromatic N) is 2. The molecule has 0 fully saturated rings. The lowest BCUT2D eigenvalue weighted by Crippen LogP contribution is -2.35. The Kier molecular flexibility index (Phi) is 7.02. The van der Waals surface area contributed by atoms with Crippen LogP contribution in [0.4, 0.5) is 5.82 Å². The van der Waals surface area contributed by atoms with Crippen LogP contribution in [0.25, 0.3) is 0 Å². The van der Waals surface area contributed by atoms with Crippen LogP contribution >= 0.6 is 23.5 Å². The standard InChI is InChI=1S/C10H16N3O13P3/c11-7-1-2-13(10(16)12-7)6-3-5(8(14)9(6)15)4-24-28(20,21)26-29(22,23)25-27(17,18)19/h1-3,6,8-9,14-15H,4H2,(H,20,21)(H,22,23)(H2,11,12,16)(H2,17,18,19)/t6-,8+,9?/m1/s1. The van der Waals surface area contributed by atoms with Crippen molar-refractivity contribution in [2.24, 2.45) is 0 Å². The maximum Gasteiger partial charge on any atom is 0.490 e. The van der Waals surface area contributed by atoms with E-state index in [0.29, 0.717) is 0 Å². The molecule has 0 bridgehead atoms. The summed E-state index contributed by atoms with van der Waals surface area (Å²) in [6.45, 7) is -0.935. The predicted octanol–water partition coefficient (Wildman–Crippen LogP) is -1.63. The number of hydrogen-bond donors (Lipinski definition) is 7. The second-order valence-electron chi connectivity index (χ2n) is 5.57. The number of aliphatic hydroxyl groups is 2. The van der Waals surface area contributed by atoms with Crippen LogP contribution in [-0.2, 0) is 26.8 Å². The zero-order valence-electron chi connectivity index (χ0n) is 14.0. The molecule has 3 unspecified atom stereocenters. The Morgan fingerprint density at radius 3 is 2.28 bits per heavy atom. The van der Waals surface area contributed by atoms with Crippen LogP contribution in [0, 0.1) is 0 Å². The predicted molar refractivity (Wildman–Crippen MR) is 91.9 cm³/mol. The minimum atomic E-state index is -5.69. The Hall–Kier alpha value is -1.25. The molecule has 0 saturated carbocycles. The lowest BCUT2D eigenvalue weighted by molar-refractivity contribution is 0.0270. The molecular formula is C10H16N3O13P3. The number of phosphoric acid groups is 3. The van der Waals surface area contributed by atoms with E-state index in [4.69, 9.17) is 20.4 Å². The average Bonchev–Trinajstić information content (AvgIpc) is 2.78. The zero-order valence-corrected chi connectivity index (χ0v) is 16.7. The van der Waals surface area contributed by atoms with Crippen LogP contribution in [0.2, 0.25) is 0 Å². The molecule has 2 rings (SSSR count). The summed E-state index contributed by atoms with van der Waals surface area (Å²) < 4.78 is 45.9. The van der Waals surface area contributed by atoms with E-state index in [-0.39, 0.29) is 11.4 Å². The topological polar surface area (TPSA) is 261 Å². The number of anilines is 1. The van der Waals surface area contributed by atoms with Gasteiger partial charge >= 0.3 is 29.2 Å². The van der Waals surface area contributed by atoms with Crippen molar-refractivity contribution >= 4 is 29.3 Å². The van der Waals surface area contributed by atoms with Crippen molar-refractivity contribution in [1.29, 1.82) is 0 Å². The molecule has 19 heteroatoms. The van der Waals surface area contributed by atoms with Crippen molar-refractivity contribution in [2.45, 2.75) is 18.2 Å². The van der Waals surface area contributed by atoms with Crippen LogP contribution < -0.4 is 11.4 Å². The van der Waals surface area contributed by atoms with E-state index >= 15 is 0 Å². The molecule has 29 heavy (non-hydrogen) atoms. The quantitative estimate of drug-likeness (QED) is 0.163. The first kappa shape index (κ1) is 24.0. The van der Waals surface area contributed by atoms with Crippen LogP contribution in [0.1, 0.15) is 6.04 Å². The minimum Gasteiger partial charge on any atom is -0.388 e. The first-order valence-corrected chi connectivity index (χ1v) is 11.8. The number of rotatable bonds is 8. The Morgan fingerprint density at radius 2 is 1.72 bits per heavy atom. The normalized spacial score (nSPS) is 26.6. The lowest BCUT2D eigenvalue weighted by atomic mass is 10.1. The Bertz CT molecular complexity index is 1000. The molecule has 0 radical (unpaired) electrons. The van der Waals surface area contributed by atoms with Gasteiger partial charge in [-0.3, -0.25) is 9.09 Å². The van der Waals surface area contributed by atoms with Crippen LogP contribution in [0.15, 0.2) is 28.7 Å². The third-order valence-corrected chi connectivity index (χ3v) is 7.20. The number of nitrogen functional groups attached to an aromatic ring is 1. The molecule has 0 saturated heterocycles. The maximum atomic E-state index is 11.9. The molecule has 0 spiro atoms. The summed E-state index contributed by atoms with van der Waals surface area (Å²) in [6, 6.07) is 0.100. The van der Waals surface area contributed by atoms with Crippen molar-refractivity contribution in [2.75, 3.05) is 12.3 Å². The Labute approximate surface area is 161 Å². The van der Waals surface area contributed by atoms with E-state index in [1.165, 1.54) is 12.3 Å². The molecule has 1 aromatic heterocycles. The van der Waals surface area contributed by atoms with E-state index < -0.39 is 54.0 Å². The Morgan fingerprint density at radius 1 is 1.10 bits per heavy atom. The van der Waals surface area contributed by atoms with Gasteiger partial charge in [0, 0.05) is 6.20 Å². The SMILES string of the molecule is Nc1ccn([C@@H]2C=C(COP(=O)(O)OP(=O)(O)OP(=O)(O)O)[C@H](O)C2O)c(=O)n1. The van der Waals surface area contributed by atoms with E-state index in [0.717, 1.165) is 10.6 Å². The monoisotopic (exact) mass is 479 g/mol. The van der Waals surface area contributed by atoms with Gasteiger partial charge < -0.3 is 35.5 Å². The summed E-state index contributed by atoms with van der Waals surface area (Å²) in [7, 11) is -16.7. The molecule has 0 amide bonds. The van der Waals surface area contributed by atoms with Gasteiger partial charge in [-0.05, 0) is 11.6 Å². The van der Waals surface area contributed by atoms with Crippen LogP contribution in [0.3, 0.4) is 0 Å². The average molecular weight is 479 g/mol. The zero-order chi connectivity index (χ0) is 22.2. The maximum absolute atomic E-state index is 11.9. The third-order valence-electron chi connectivity index (χ3n) is 3.42. The van der Waals surface area contributed by atoms with Crippen LogP contribution in [-0.4, -0.2) is 58.2 Å². The molecule has 16 nitrogen and oxygen atoms in total. The van der Waals surface area contributed by atoms with Gasteiger partial charge in [0.25, 0.3) is 0 Å². The van der Waals surface area contributed by atoms with Gasteiger partial charge in [-0.25, -0.2) is 18.5 Å². The molecule has 8 N–H and O–H groups in total. The molecule has 1 aliphatic rings. The van der Waals surface area contributed by atoms with Crippen molar-refractivity contribution < 1.29 is 56.6 Å². The third kappa shape index (κ3) is 6.62. The largest absolute Gasteiger partial charge is 0.490 e. The molecular weight excluding hydrogens is 463 g/mol. The highest BCUT2D eigenvalue weighted by Crippen LogP contribution is 2.66. The number of nitrogens with two attached hydrogens (primary N) is 1. The fourth-order valence-electron chi connectivity index (χ4n) is 2.31. The summed E-state index contributed by atoms with van der Waals surface area (Å²) in [4.78, 5) is 50.7. The van der Waals surface area contributed by atoms with Crippen molar-refractivity contribution in [3.05, 3.63) is 34.4 Å². The number of hydrogen-bond acceptors (Lipinski definition) is 11. The van der Waals surface area contributed by atoms with Gasteiger partial charge in [0.15, 0.2) is 0 Å². The number of aliphatic hydroxyl groups excluding tert-OH is 2. The lowest BCUT2D eigenvalue weighted by Gasteiger charge is -2.19. The van der Waals surface area contributed by atoms with Gasteiger partial charge in [-0.15, -0.1) is 0 Å². The van der Waals surface area contributed by atoms with Crippen LogP contribution in [0.5, 0.6) is 0 Å². The van der Waals surface area contributed by atoms with Gasteiger partial charge in [-0.1, -0.05) is 6.08 Å². The van der Waals surface area contributed by atoms with E-state index in [9.17, 15) is 33.6 Å². The second kappa shape index (κ2) is 8.47. The van der Waals surface area contributed by atoms with Gasteiger partial charge in [0.05, 0.1) is 12.6 Å². The summed E-state index contributed by atoms with van der Waals surface area (Å²) in [5, 5.41) is 20.1. The number of phosphoric ester groups is 1. The summed E-state index contributed by atoms with van der Waals surface area (Å²) in [5.41, 5.74) is 4.28. The van der Waals surface area contributed by atoms with E-state index in [1.54, 1.807) is 0 Å². The van der Waals surface area contributed by atoms with Gasteiger partial charge in [-0.2, -0.15) is 13.6 Å². The highest BCUT2D eigenvalue weighted by molar-refractivity contribution is 7.66. The van der Waals surface area contributed by atoms with E-state index in [2.05, 4.69) is 18.1 Å². The molecule has 5 atom stereocenters. The first-order valence-electron chi connectivity index (χ1n) is 7.30. The molecule has 1 heterocycles. The van der Waals surface area contributed by atoms with Gasteiger partial charge in [0.2, 0.25) is 0 Å². The highest BCUT2D eigenvalue weighted by Gasteiger charge is 2.42. The van der Waals surface area contributed by atoms with Crippen molar-refractivity contribution in [3.63, 3.8) is 0 Å².